The molecule has 200 valence electrons. The predicted molar refractivity (Wildman–Crippen MR) is 156 cm³/mol. The molecule has 10 heteroatoms. The van der Waals surface area contributed by atoms with Crippen molar-refractivity contribution >= 4 is 46.2 Å². The van der Waals surface area contributed by atoms with Gasteiger partial charge in [-0.15, -0.1) is 0 Å². The van der Waals surface area contributed by atoms with Crippen LogP contribution in [0.25, 0.3) is 0 Å². The maximum Gasteiger partial charge on any atom is 0.272 e. The number of nitrogens with zero attached hydrogens (tertiary/aromatic N) is 4. The van der Waals surface area contributed by atoms with Crippen molar-refractivity contribution in [3.05, 3.63) is 88.4 Å². The smallest absolute Gasteiger partial charge is 0.272 e. The standard InChI is InChI=1S/C29H28ClN5O3S/c1-33-23-9-8-21(30)16-22(23)26(20-5-3-2-4-6-20)31-27(28(33)36)32-29(39)35-13-11-34(12-14-35)17-19-7-10-24-25(15-19)38-18-37-24/h2-10,15-16,27H,11-14,17-18H2,1H3,(H,32,39). The first-order chi connectivity index (χ1) is 19.0. The fraction of sp³-hybridized carbons (Fsp3) is 0.276. The molecular weight excluding hydrogens is 534 g/mol. The van der Waals surface area contributed by atoms with Gasteiger partial charge in [-0.3, -0.25) is 9.69 Å². The molecular formula is C29H28ClN5O3S. The summed E-state index contributed by atoms with van der Waals surface area (Å²) in [6.07, 6.45) is -0.865. The quantitative estimate of drug-likeness (QED) is 0.485. The number of anilines is 1. The molecule has 0 aliphatic carbocycles. The van der Waals surface area contributed by atoms with Crippen molar-refractivity contribution in [3.63, 3.8) is 0 Å². The summed E-state index contributed by atoms with van der Waals surface area (Å²) in [7, 11) is 1.76. The number of rotatable bonds is 4. The Morgan fingerprint density at radius 2 is 1.79 bits per heavy atom. The van der Waals surface area contributed by atoms with E-state index in [9.17, 15) is 4.79 Å². The fourth-order valence-electron chi connectivity index (χ4n) is 5.08. The van der Waals surface area contributed by atoms with E-state index in [4.69, 9.17) is 38.3 Å². The summed E-state index contributed by atoms with van der Waals surface area (Å²) in [5, 5.41) is 4.35. The second-order valence-corrected chi connectivity index (χ2v) is 10.5. The van der Waals surface area contributed by atoms with E-state index < -0.39 is 6.17 Å². The van der Waals surface area contributed by atoms with Crippen LogP contribution in [0.5, 0.6) is 11.5 Å². The molecule has 0 aromatic heterocycles. The van der Waals surface area contributed by atoms with E-state index in [0.717, 1.165) is 61.0 Å². The number of carbonyl (C=O) groups is 1. The number of likely N-dealkylation sites (N-methyl/N-ethyl adjacent to an activating group) is 1. The average Bonchev–Trinajstić information content (AvgIpc) is 3.40. The van der Waals surface area contributed by atoms with E-state index in [-0.39, 0.29) is 12.7 Å². The first-order valence-corrected chi connectivity index (χ1v) is 13.6. The van der Waals surface area contributed by atoms with Gasteiger partial charge in [0.1, 0.15) is 0 Å². The number of carbonyl (C=O) groups excluding carboxylic acids is 1. The lowest BCUT2D eigenvalue weighted by Crippen LogP contribution is -2.55. The minimum absolute atomic E-state index is 0.187. The Morgan fingerprint density at radius 3 is 2.59 bits per heavy atom. The molecule has 39 heavy (non-hydrogen) atoms. The van der Waals surface area contributed by atoms with Crippen molar-refractivity contribution in [3.8, 4) is 11.5 Å². The number of fused-ring (bicyclic) bond motifs is 2. The van der Waals surface area contributed by atoms with Crippen molar-refractivity contribution < 1.29 is 14.3 Å². The van der Waals surface area contributed by atoms with Gasteiger partial charge in [-0.05, 0) is 48.1 Å². The molecule has 1 amide bonds. The average molecular weight is 562 g/mol. The van der Waals surface area contributed by atoms with Crippen LogP contribution in [-0.2, 0) is 11.3 Å². The SMILES string of the molecule is CN1C(=O)C(NC(=S)N2CCN(Cc3ccc4c(c3)OCO4)CC2)N=C(c2ccccc2)c2cc(Cl)ccc21. The number of amides is 1. The number of piperazine rings is 1. The van der Waals surface area contributed by atoms with Crippen molar-refractivity contribution in [1.29, 1.82) is 0 Å². The number of benzene rings is 3. The topological polar surface area (TPSA) is 69.6 Å². The highest BCUT2D eigenvalue weighted by molar-refractivity contribution is 7.80. The zero-order chi connectivity index (χ0) is 26.9. The molecule has 3 aromatic carbocycles. The Balaban J connectivity index is 1.16. The van der Waals surface area contributed by atoms with Crippen LogP contribution in [0.3, 0.4) is 0 Å². The van der Waals surface area contributed by atoms with Crippen molar-refractivity contribution in [2.45, 2.75) is 12.7 Å². The molecule has 3 heterocycles. The molecule has 8 nitrogen and oxygen atoms in total. The van der Waals surface area contributed by atoms with Gasteiger partial charge in [0, 0.05) is 55.9 Å². The summed E-state index contributed by atoms with van der Waals surface area (Å²) in [6.45, 7) is 4.28. The molecule has 6 rings (SSSR count). The van der Waals surface area contributed by atoms with Gasteiger partial charge in [0.15, 0.2) is 16.6 Å². The van der Waals surface area contributed by atoms with Crippen LogP contribution in [0.4, 0.5) is 5.69 Å². The summed E-state index contributed by atoms with van der Waals surface area (Å²) < 4.78 is 10.9. The largest absolute Gasteiger partial charge is 0.454 e. The predicted octanol–water partition coefficient (Wildman–Crippen LogP) is 3.90. The van der Waals surface area contributed by atoms with Crippen molar-refractivity contribution in [2.24, 2.45) is 4.99 Å². The highest BCUT2D eigenvalue weighted by Crippen LogP contribution is 2.33. The number of hydrogen-bond acceptors (Lipinski definition) is 6. The molecule has 0 bridgehead atoms. The minimum Gasteiger partial charge on any atom is -0.454 e. The maximum atomic E-state index is 13.5. The lowest BCUT2D eigenvalue weighted by molar-refractivity contribution is -0.119. The van der Waals surface area contributed by atoms with Gasteiger partial charge in [-0.25, -0.2) is 4.99 Å². The van der Waals surface area contributed by atoms with E-state index in [1.54, 1.807) is 18.0 Å². The fourth-order valence-corrected chi connectivity index (χ4v) is 5.55. The highest BCUT2D eigenvalue weighted by atomic mass is 35.5. The van der Waals surface area contributed by atoms with Crippen LogP contribution in [0.15, 0.2) is 71.7 Å². The van der Waals surface area contributed by atoms with Gasteiger partial charge < -0.3 is 24.6 Å². The van der Waals surface area contributed by atoms with E-state index in [2.05, 4.69) is 21.2 Å². The molecule has 1 N–H and O–H groups in total. The van der Waals surface area contributed by atoms with Crippen LogP contribution >= 0.6 is 23.8 Å². The van der Waals surface area contributed by atoms with E-state index in [1.807, 2.05) is 54.6 Å². The summed E-state index contributed by atoms with van der Waals surface area (Å²) in [5.41, 5.74) is 4.33. The Morgan fingerprint density at radius 1 is 1.03 bits per heavy atom. The van der Waals surface area contributed by atoms with E-state index in [1.165, 1.54) is 5.56 Å². The van der Waals surface area contributed by atoms with Gasteiger partial charge in [-0.1, -0.05) is 48.0 Å². The van der Waals surface area contributed by atoms with E-state index in [0.29, 0.717) is 15.8 Å². The highest BCUT2D eigenvalue weighted by Gasteiger charge is 2.32. The second-order valence-electron chi connectivity index (χ2n) is 9.71. The number of aliphatic imine (C=N–C) groups is 1. The molecule has 1 saturated heterocycles. The van der Waals surface area contributed by atoms with Crippen LogP contribution in [0.1, 0.15) is 16.7 Å². The lowest BCUT2D eigenvalue weighted by Gasteiger charge is -2.37. The van der Waals surface area contributed by atoms with Gasteiger partial charge in [-0.2, -0.15) is 0 Å². The lowest BCUT2D eigenvalue weighted by atomic mass is 10.0. The Kier molecular flexibility index (Phi) is 7.12. The molecule has 1 unspecified atom stereocenters. The number of hydrogen-bond donors (Lipinski definition) is 1. The summed E-state index contributed by atoms with van der Waals surface area (Å²) in [6, 6.07) is 21.4. The maximum absolute atomic E-state index is 13.5. The molecule has 0 spiro atoms. The molecule has 0 radical (unpaired) electrons. The molecule has 3 aliphatic rings. The number of ether oxygens (including phenoxy) is 2. The third-order valence-corrected chi connectivity index (χ3v) is 7.82. The summed E-state index contributed by atoms with van der Waals surface area (Å²) in [4.78, 5) is 24.5. The number of nitrogens with one attached hydrogen (secondary N) is 1. The molecule has 3 aliphatic heterocycles. The molecule has 0 saturated carbocycles. The van der Waals surface area contributed by atoms with Crippen LogP contribution in [0.2, 0.25) is 5.02 Å². The van der Waals surface area contributed by atoms with Gasteiger partial charge in [0.2, 0.25) is 13.0 Å². The molecule has 1 atom stereocenters. The third kappa shape index (κ3) is 5.30. The van der Waals surface area contributed by atoms with E-state index >= 15 is 0 Å². The van der Waals surface area contributed by atoms with Gasteiger partial charge in [0.25, 0.3) is 5.91 Å². The second kappa shape index (κ2) is 10.8. The van der Waals surface area contributed by atoms with Crippen LogP contribution in [0, 0.1) is 0 Å². The Hall–Kier alpha value is -3.66. The third-order valence-electron chi connectivity index (χ3n) is 7.21. The minimum atomic E-state index is -0.865. The Labute approximate surface area is 237 Å². The first kappa shape index (κ1) is 25.6. The zero-order valence-electron chi connectivity index (χ0n) is 21.5. The van der Waals surface area contributed by atoms with Crippen molar-refractivity contribution in [2.75, 3.05) is 44.9 Å². The molecule has 1 fully saturated rings. The van der Waals surface area contributed by atoms with Gasteiger partial charge >= 0.3 is 0 Å². The number of thiocarbonyl (C=S) groups is 1. The van der Waals surface area contributed by atoms with Crippen LogP contribution in [-0.4, -0.2) is 72.7 Å². The number of benzodiazepines with no additional fused rings is 1. The van der Waals surface area contributed by atoms with Gasteiger partial charge in [0.05, 0.1) is 11.4 Å². The Bertz CT molecular complexity index is 1440. The monoisotopic (exact) mass is 561 g/mol. The summed E-state index contributed by atoms with van der Waals surface area (Å²) in [5.74, 6) is 1.41. The number of halogens is 1. The summed E-state index contributed by atoms with van der Waals surface area (Å²) >= 11 is 12.1. The zero-order valence-corrected chi connectivity index (χ0v) is 23.0. The van der Waals surface area contributed by atoms with Crippen LogP contribution < -0.4 is 19.7 Å². The molecule has 3 aromatic rings. The first-order valence-electron chi connectivity index (χ1n) is 12.8. The van der Waals surface area contributed by atoms with Crippen molar-refractivity contribution in [1.82, 2.24) is 15.1 Å². The normalized spacial score (nSPS) is 18.9.